The topological polar surface area (TPSA) is 12.4 Å². The molecule has 2 rings (SSSR count). The van der Waals surface area contributed by atoms with Crippen LogP contribution in [0.3, 0.4) is 0 Å². The highest BCUT2D eigenvalue weighted by atomic mass is 79.9. The molecule has 0 unspecified atom stereocenters. The second-order valence-corrected chi connectivity index (χ2v) is 3.37. The van der Waals surface area contributed by atoms with Gasteiger partial charge < -0.3 is 0 Å². The van der Waals surface area contributed by atoms with E-state index in [4.69, 9.17) is 0 Å². The molecule has 0 N–H and O–H groups in total. The van der Waals surface area contributed by atoms with Gasteiger partial charge in [-0.15, -0.1) is 0 Å². The summed E-state index contributed by atoms with van der Waals surface area (Å²) in [5.74, 6) is -0.162. The van der Waals surface area contributed by atoms with Crippen molar-refractivity contribution in [2.75, 3.05) is 0 Å². The molecule has 1 heterocycles. The van der Waals surface area contributed by atoms with E-state index < -0.39 is 0 Å². The SMILES string of the molecule is FC1=CC2=CC=NC2=C[C@@H]1Br. The first-order valence-corrected chi connectivity index (χ1v) is 4.16. The van der Waals surface area contributed by atoms with Crippen LogP contribution in [0.1, 0.15) is 0 Å². The predicted octanol–water partition coefficient (Wildman–Crippen LogP) is 2.51. The smallest absolute Gasteiger partial charge is 0.118 e. The molecule has 0 aromatic carbocycles. The molecule has 0 spiro atoms. The van der Waals surface area contributed by atoms with Gasteiger partial charge in [-0.1, -0.05) is 15.9 Å². The Kier molecular flexibility index (Phi) is 1.53. The third kappa shape index (κ3) is 1.09. The van der Waals surface area contributed by atoms with Crippen LogP contribution in [0.25, 0.3) is 0 Å². The number of aliphatic imine (C=N–C) groups is 1. The monoisotopic (exact) mass is 213 g/mol. The van der Waals surface area contributed by atoms with Gasteiger partial charge in [-0.25, -0.2) is 4.39 Å². The van der Waals surface area contributed by atoms with Crippen LogP contribution in [0.15, 0.2) is 40.3 Å². The highest BCUT2D eigenvalue weighted by molar-refractivity contribution is 9.09. The standard InChI is InChI=1S/C8H5BrFN/c9-6-4-8-5(1-2-11-8)3-7(6)10/h1-4,6H/t6-/m0/s1. The average molecular weight is 214 g/mol. The van der Waals surface area contributed by atoms with Gasteiger partial charge in [-0.3, -0.25) is 4.99 Å². The normalized spacial score (nSPS) is 27.5. The van der Waals surface area contributed by atoms with Crippen LogP contribution >= 0.6 is 15.9 Å². The molecule has 0 aromatic heterocycles. The number of nitrogens with zero attached hydrogens (tertiary/aromatic N) is 1. The number of alkyl halides is 1. The van der Waals surface area contributed by atoms with Crippen molar-refractivity contribution in [1.82, 2.24) is 0 Å². The Labute approximate surface area is 72.1 Å². The van der Waals surface area contributed by atoms with Crippen molar-refractivity contribution in [3.63, 3.8) is 0 Å². The van der Waals surface area contributed by atoms with E-state index in [1.165, 1.54) is 6.08 Å². The lowest BCUT2D eigenvalue weighted by molar-refractivity contribution is 0.621. The number of hydrogen-bond donors (Lipinski definition) is 0. The summed E-state index contributed by atoms with van der Waals surface area (Å²) in [6.45, 7) is 0. The van der Waals surface area contributed by atoms with E-state index in [1.807, 2.05) is 0 Å². The zero-order valence-corrected chi connectivity index (χ0v) is 7.18. The lowest BCUT2D eigenvalue weighted by Gasteiger charge is -2.09. The fourth-order valence-electron chi connectivity index (χ4n) is 1.07. The fraction of sp³-hybridized carbons (Fsp3) is 0.125. The summed E-state index contributed by atoms with van der Waals surface area (Å²) < 4.78 is 12.9. The van der Waals surface area contributed by atoms with Crippen molar-refractivity contribution in [3.05, 3.63) is 35.3 Å². The van der Waals surface area contributed by atoms with Gasteiger partial charge in [0.15, 0.2) is 0 Å². The number of hydrogen-bond acceptors (Lipinski definition) is 1. The molecule has 11 heavy (non-hydrogen) atoms. The first kappa shape index (κ1) is 6.98. The van der Waals surface area contributed by atoms with Crippen molar-refractivity contribution in [2.45, 2.75) is 4.83 Å². The minimum Gasteiger partial charge on any atom is -0.257 e. The third-order valence-corrected chi connectivity index (χ3v) is 2.33. The average Bonchev–Trinajstić information content (AvgIpc) is 2.36. The Morgan fingerprint density at radius 3 is 3.18 bits per heavy atom. The number of allylic oxidation sites excluding steroid dienone is 4. The maximum atomic E-state index is 12.9. The van der Waals surface area contributed by atoms with E-state index in [2.05, 4.69) is 20.9 Å². The summed E-state index contributed by atoms with van der Waals surface area (Å²) in [4.78, 5) is 3.74. The number of rotatable bonds is 0. The maximum absolute atomic E-state index is 12.9. The number of halogens is 2. The van der Waals surface area contributed by atoms with Crippen molar-refractivity contribution in [1.29, 1.82) is 0 Å². The largest absolute Gasteiger partial charge is 0.257 e. The Bertz CT molecular complexity index is 312. The van der Waals surface area contributed by atoms with E-state index in [1.54, 1.807) is 18.4 Å². The summed E-state index contributed by atoms with van der Waals surface area (Å²) >= 11 is 3.17. The molecule has 0 saturated heterocycles. The molecule has 1 nitrogen and oxygen atoms in total. The predicted molar refractivity (Wildman–Crippen MR) is 46.6 cm³/mol. The lowest BCUT2D eigenvalue weighted by Crippen LogP contribution is -2.01. The zero-order valence-electron chi connectivity index (χ0n) is 5.59. The van der Waals surface area contributed by atoms with Gasteiger partial charge >= 0.3 is 0 Å². The van der Waals surface area contributed by atoms with Crippen molar-refractivity contribution in [2.24, 2.45) is 4.99 Å². The van der Waals surface area contributed by atoms with Gasteiger partial charge in [-0.2, -0.15) is 0 Å². The van der Waals surface area contributed by atoms with Crippen molar-refractivity contribution < 1.29 is 4.39 Å². The van der Waals surface area contributed by atoms with E-state index in [0.29, 0.717) is 0 Å². The third-order valence-electron chi connectivity index (χ3n) is 1.62. The molecule has 0 fully saturated rings. The molecule has 0 radical (unpaired) electrons. The molecule has 3 heteroatoms. The molecule has 0 aromatic rings. The van der Waals surface area contributed by atoms with Gasteiger partial charge in [0.2, 0.25) is 0 Å². The van der Waals surface area contributed by atoms with Crippen molar-refractivity contribution in [3.8, 4) is 0 Å². The molecule has 0 amide bonds. The molecule has 56 valence electrons. The first-order chi connectivity index (χ1) is 5.27. The van der Waals surface area contributed by atoms with Crippen LogP contribution in [-0.2, 0) is 0 Å². The summed E-state index contributed by atoms with van der Waals surface area (Å²) in [7, 11) is 0. The van der Waals surface area contributed by atoms with Crippen LogP contribution in [0.4, 0.5) is 4.39 Å². The quantitative estimate of drug-likeness (QED) is 0.549. The van der Waals surface area contributed by atoms with Crippen molar-refractivity contribution >= 4 is 22.1 Å². The van der Waals surface area contributed by atoms with E-state index in [-0.39, 0.29) is 10.7 Å². The van der Waals surface area contributed by atoms with Crippen LogP contribution in [0, 0.1) is 0 Å². The maximum Gasteiger partial charge on any atom is 0.118 e. The fourth-order valence-corrected chi connectivity index (χ4v) is 1.45. The first-order valence-electron chi connectivity index (χ1n) is 3.25. The van der Waals surface area contributed by atoms with Crippen LogP contribution in [0.5, 0.6) is 0 Å². The van der Waals surface area contributed by atoms with Gasteiger partial charge in [0.1, 0.15) is 5.83 Å². The van der Waals surface area contributed by atoms with Gasteiger partial charge in [0.05, 0.1) is 10.5 Å². The summed E-state index contributed by atoms with van der Waals surface area (Å²) in [5.41, 5.74) is 1.71. The molecule has 1 atom stereocenters. The molecular formula is C8H5BrFN. The number of fused-ring (bicyclic) bond motifs is 1. The minimum absolute atomic E-state index is 0.162. The molecule has 1 aliphatic heterocycles. The van der Waals surface area contributed by atoms with Gasteiger partial charge in [-0.05, 0) is 18.2 Å². The Morgan fingerprint density at radius 2 is 2.36 bits per heavy atom. The van der Waals surface area contributed by atoms with E-state index in [9.17, 15) is 4.39 Å². The van der Waals surface area contributed by atoms with Gasteiger partial charge in [0.25, 0.3) is 0 Å². The van der Waals surface area contributed by atoms with E-state index >= 15 is 0 Å². The summed E-state index contributed by atoms with van der Waals surface area (Å²) in [6.07, 6.45) is 6.73. The highest BCUT2D eigenvalue weighted by Gasteiger charge is 2.18. The minimum atomic E-state index is -0.301. The highest BCUT2D eigenvalue weighted by Crippen LogP contribution is 2.30. The van der Waals surface area contributed by atoms with Gasteiger partial charge in [0, 0.05) is 11.8 Å². The van der Waals surface area contributed by atoms with Crippen LogP contribution in [0.2, 0.25) is 0 Å². The molecule has 0 saturated carbocycles. The summed E-state index contributed by atoms with van der Waals surface area (Å²) in [5, 5.41) is 0. The Balaban J connectivity index is 2.43. The second-order valence-electron chi connectivity index (χ2n) is 2.38. The lowest BCUT2D eigenvalue weighted by atomic mass is 10.1. The molecular weight excluding hydrogens is 209 g/mol. The van der Waals surface area contributed by atoms with Crippen LogP contribution < -0.4 is 0 Å². The van der Waals surface area contributed by atoms with E-state index in [0.717, 1.165) is 11.3 Å². The second kappa shape index (κ2) is 2.41. The Hall–Kier alpha value is -0.700. The molecule has 2 aliphatic rings. The van der Waals surface area contributed by atoms with Crippen LogP contribution in [-0.4, -0.2) is 11.0 Å². The molecule has 0 bridgehead atoms. The molecule has 1 aliphatic carbocycles. The Morgan fingerprint density at radius 1 is 1.55 bits per heavy atom. The summed E-state index contributed by atoms with van der Waals surface area (Å²) in [6, 6.07) is 0. The zero-order chi connectivity index (χ0) is 7.84.